The minimum Gasteiger partial charge on any atom is -0.497 e. The molecule has 5 nitrogen and oxygen atoms in total. The molecule has 0 aliphatic rings. The second-order valence-corrected chi connectivity index (χ2v) is 4.28. The molecule has 0 fully saturated rings. The van der Waals surface area contributed by atoms with E-state index < -0.39 is 5.82 Å². The molecule has 7 heteroatoms. The minimum atomic E-state index is -0.422. The smallest absolute Gasteiger partial charge is 0.158 e. The number of halogens is 2. The lowest BCUT2D eigenvalue weighted by molar-refractivity contribution is 0.178. The van der Waals surface area contributed by atoms with Crippen LogP contribution in [-0.4, -0.2) is 24.2 Å². The van der Waals surface area contributed by atoms with Crippen molar-refractivity contribution in [2.24, 2.45) is 0 Å². The number of nitrogens with zero attached hydrogens (tertiary/aromatic N) is 2. The fourth-order valence-electron chi connectivity index (χ4n) is 1.59. The van der Waals surface area contributed by atoms with Gasteiger partial charge in [-0.05, 0) is 12.1 Å². The van der Waals surface area contributed by atoms with E-state index in [9.17, 15) is 4.39 Å². The van der Waals surface area contributed by atoms with Crippen molar-refractivity contribution in [1.29, 1.82) is 0 Å². The number of aromatic nitrogens is 2. The lowest BCUT2D eigenvalue weighted by Crippen LogP contribution is -2.02. The van der Waals surface area contributed by atoms with Crippen LogP contribution in [0.4, 0.5) is 15.9 Å². The molecule has 1 aromatic carbocycles. The lowest BCUT2D eigenvalue weighted by atomic mass is 10.3. The molecular weight excluding hydrogens is 285 g/mol. The molecule has 0 aliphatic carbocycles. The van der Waals surface area contributed by atoms with Crippen LogP contribution >= 0.6 is 11.6 Å². The number of hydrogen-bond acceptors (Lipinski definition) is 5. The van der Waals surface area contributed by atoms with Crippen LogP contribution in [0.1, 0.15) is 5.82 Å². The molecule has 0 radical (unpaired) electrons. The summed E-state index contributed by atoms with van der Waals surface area (Å²) in [5.41, 5.74) is 0.238. The Bertz CT molecular complexity index is 610. The molecule has 106 valence electrons. The third-order valence-corrected chi connectivity index (χ3v) is 2.64. The highest BCUT2D eigenvalue weighted by Gasteiger charge is 2.08. The van der Waals surface area contributed by atoms with Crippen molar-refractivity contribution in [3.05, 3.63) is 41.1 Å². The number of benzene rings is 1. The molecule has 0 amide bonds. The maximum atomic E-state index is 13.7. The second-order valence-electron chi connectivity index (χ2n) is 3.90. The Hall–Kier alpha value is -1.92. The average Bonchev–Trinajstić information content (AvgIpc) is 2.41. The molecule has 0 atom stereocenters. The van der Waals surface area contributed by atoms with Gasteiger partial charge in [-0.15, -0.1) is 0 Å². The van der Waals surface area contributed by atoms with Gasteiger partial charge in [-0.1, -0.05) is 11.6 Å². The van der Waals surface area contributed by atoms with E-state index in [1.54, 1.807) is 0 Å². The molecule has 2 aromatic rings. The zero-order valence-corrected chi connectivity index (χ0v) is 11.7. The van der Waals surface area contributed by atoms with Crippen LogP contribution < -0.4 is 10.1 Å². The minimum absolute atomic E-state index is 0.218. The fraction of sp³-hybridized carbons (Fsp3) is 0.231. The van der Waals surface area contributed by atoms with Crippen molar-refractivity contribution in [3.8, 4) is 5.75 Å². The molecule has 0 spiro atoms. The van der Waals surface area contributed by atoms with E-state index in [1.807, 2.05) is 0 Å². The van der Waals surface area contributed by atoms with Crippen LogP contribution in [0.5, 0.6) is 5.75 Å². The highest BCUT2D eigenvalue weighted by Crippen LogP contribution is 2.24. The van der Waals surface area contributed by atoms with Crippen molar-refractivity contribution in [2.45, 2.75) is 6.61 Å². The topological polar surface area (TPSA) is 56.3 Å². The van der Waals surface area contributed by atoms with Gasteiger partial charge in [-0.2, -0.15) is 0 Å². The number of rotatable bonds is 5. The number of methoxy groups -OCH3 is 2. The van der Waals surface area contributed by atoms with Crippen molar-refractivity contribution in [1.82, 2.24) is 9.97 Å². The monoisotopic (exact) mass is 297 g/mol. The maximum absolute atomic E-state index is 13.7. The van der Waals surface area contributed by atoms with Crippen molar-refractivity contribution < 1.29 is 13.9 Å². The summed E-state index contributed by atoms with van der Waals surface area (Å²) in [5, 5.41) is 3.09. The predicted molar refractivity (Wildman–Crippen MR) is 74.0 cm³/mol. The number of ether oxygens (including phenoxy) is 2. The van der Waals surface area contributed by atoms with Gasteiger partial charge in [-0.25, -0.2) is 14.4 Å². The summed E-state index contributed by atoms with van der Waals surface area (Å²) < 4.78 is 23.7. The average molecular weight is 298 g/mol. The van der Waals surface area contributed by atoms with Gasteiger partial charge in [0, 0.05) is 19.2 Å². The van der Waals surface area contributed by atoms with Crippen LogP contribution in [0.3, 0.4) is 0 Å². The first-order valence-electron chi connectivity index (χ1n) is 5.75. The Morgan fingerprint density at radius 1 is 1.25 bits per heavy atom. The molecule has 0 saturated carbocycles. The van der Waals surface area contributed by atoms with E-state index in [0.29, 0.717) is 17.4 Å². The Morgan fingerprint density at radius 3 is 2.75 bits per heavy atom. The van der Waals surface area contributed by atoms with Crippen LogP contribution in [0.2, 0.25) is 5.15 Å². The SMILES string of the molecule is COCc1nc(Cl)cc(Nc2cc(OC)ccc2F)n1. The molecule has 0 bridgehead atoms. The van der Waals surface area contributed by atoms with Gasteiger partial charge >= 0.3 is 0 Å². The highest BCUT2D eigenvalue weighted by molar-refractivity contribution is 6.29. The van der Waals surface area contributed by atoms with Crippen LogP contribution in [0.25, 0.3) is 0 Å². The number of hydrogen-bond donors (Lipinski definition) is 1. The quantitative estimate of drug-likeness (QED) is 0.859. The Labute approximate surface area is 120 Å². The maximum Gasteiger partial charge on any atom is 0.158 e. The van der Waals surface area contributed by atoms with Gasteiger partial charge < -0.3 is 14.8 Å². The standard InChI is InChI=1S/C13H13ClFN3O2/c1-19-7-13-17-11(14)6-12(18-13)16-10-5-8(20-2)3-4-9(10)15/h3-6H,7H2,1-2H3,(H,16,17,18). The van der Waals surface area contributed by atoms with Gasteiger partial charge in [0.15, 0.2) is 5.82 Å². The van der Waals surface area contributed by atoms with Crippen molar-refractivity contribution in [2.75, 3.05) is 19.5 Å². The van der Waals surface area contributed by atoms with Gasteiger partial charge in [0.25, 0.3) is 0 Å². The van der Waals surface area contributed by atoms with E-state index in [1.165, 1.54) is 38.5 Å². The van der Waals surface area contributed by atoms with E-state index >= 15 is 0 Å². The van der Waals surface area contributed by atoms with Gasteiger partial charge in [0.2, 0.25) is 0 Å². The summed E-state index contributed by atoms with van der Waals surface area (Å²) in [6, 6.07) is 5.87. The molecule has 0 saturated heterocycles. The molecule has 1 N–H and O–H groups in total. The summed E-state index contributed by atoms with van der Waals surface area (Å²) in [7, 11) is 3.04. The number of nitrogens with one attached hydrogen (secondary N) is 1. The Kier molecular flexibility index (Phi) is 4.70. The first-order valence-corrected chi connectivity index (χ1v) is 6.13. The Balaban J connectivity index is 2.29. The van der Waals surface area contributed by atoms with Crippen LogP contribution in [-0.2, 0) is 11.3 Å². The molecule has 20 heavy (non-hydrogen) atoms. The van der Waals surface area contributed by atoms with Crippen molar-refractivity contribution >= 4 is 23.1 Å². The molecule has 0 unspecified atom stereocenters. The lowest BCUT2D eigenvalue weighted by Gasteiger charge is -2.10. The normalized spacial score (nSPS) is 10.4. The van der Waals surface area contributed by atoms with E-state index in [2.05, 4.69) is 15.3 Å². The van der Waals surface area contributed by atoms with Gasteiger partial charge in [-0.3, -0.25) is 0 Å². The summed E-state index contributed by atoms with van der Waals surface area (Å²) >= 11 is 5.89. The molecule has 0 aliphatic heterocycles. The first-order chi connectivity index (χ1) is 9.62. The summed E-state index contributed by atoms with van der Waals surface area (Å²) in [4.78, 5) is 8.17. The van der Waals surface area contributed by atoms with Crippen LogP contribution in [0, 0.1) is 5.82 Å². The summed E-state index contributed by atoms with van der Waals surface area (Å²) in [6.07, 6.45) is 0. The first kappa shape index (κ1) is 14.5. The summed E-state index contributed by atoms with van der Waals surface area (Å²) in [6.45, 7) is 0.218. The van der Waals surface area contributed by atoms with E-state index in [0.717, 1.165) is 0 Å². The third kappa shape index (κ3) is 3.55. The van der Waals surface area contributed by atoms with Gasteiger partial charge in [0.05, 0.1) is 12.8 Å². The van der Waals surface area contributed by atoms with E-state index in [-0.39, 0.29) is 17.4 Å². The zero-order valence-electron chi connectivity index (χ0n) is 11.0. The van der Waals surface area contributed by atoms with E-state index in [4.69, 9.17) is 21.1 Å². The summed E-state index contributed by atoms with van der Waals surface area (Å²) in [5.74, 6) is 0.898. The largest absolute Gasteiger partial charge is 0.497 e. The van der Waals surface area contributed by atoms with Crippen LogP contribution in [0.15, 0.2) is 24.3 Å². The number of anilines is 2. The molecule has 1 heterocycles. The molecule has 2 rings (SSSR count). The Morgan fingerprint density at radius 2 is 2.05 bits per heavy atom. The van der Waals surface area contributed by atoms with Gasteiger partial charge in [0.1, 0.15) is 29.1 Å². The zero-order chi connectivity index (χ0) is 14.5. The molecule has 1 aromatic heterocycles. The highest BCUT2D eigenvalue weighted by atomic mass is 35.5. The second kappa shape index (κ2) is 6.49. The third-order valence-electron chi connectivity index (χ3n) is 2.45. The fourth-order valence-corrected chi connectivity index (χ4v) is 1.79. The predicted octanol–water partition coefficient (Wildman–Crippen LogP) is 3.17. The molecular formula is C13H13ClFN3O2. The van der Waals surface area contributed by atoms with Crippen molar-refractivity contribution in [3.63, 3.8) is 0 Å².